The lowest BCUT2D eigenvalue weighted by Crippen LogP contribution is -2.06. The van der Waals surface area contributed by atoms with E-state index in [0.717, 1.165) is 44.9 Å². The molecule has 0 radical (unpaired) electrons. The molecule has 0 N–H and O–H groups in total. The fourth-order valence-corrected chi connectivity index (χ4v) is 11.6. The average Bonchev–Trinajstić information content (AvgIpc) is 3.81. The van der Waals surface area contributed by atoms with E-state index in [1.807, 2.05) is 0 Å². The second-order valence-electron chi connectivity index (χ2n) is 17.1. The highest BCUT2D eigenvalue weighted by molar-refractivity contribution is 6.33. The summed E-state index contributed by atoms with van der Waals surface area (Å²) in [6.45, 7) is 0. The first kappa shape index (κ1) is 32.7. The highest BCUT2D eigenvalue weighted by Gasteiger charge is 2.25. The molecule has 0 amide bonds. The molecule has 0 bridgehead atoms. The Morgan fingerprint density at radius 3 is 1.72 bits per heavy atom. The number of allylic oxidation sites excluding steroid dienone is 6. The Kier molecular flexibility index (Phi) is 7.08. The van der Waals surface area contributed by atoms with Gasteiger partial charge in [0.1, 0.15) is 0 Å². The zero-order valence-corrected chi connectivity index (χ0v) is 32.8. The predicted molar refractivity (Wildman–Crippen MR) is 248 cm³/mol. The van der Waals surface area contributed by atoms with E-state index in [9.17, 15) is 0 Å². The van der Waals surface area contributed by atoms with Crippen molar-refractivity contribution in [2.24, 2.45) is 0 Å². The van der Waals surface area contributed by atoms with E-state index >= 15 is 0 Å². The smallest absolute Gasteiger partial charge is 0.0538 e. The summed E-state index contributed by atoms with van der Waals surface area (Å²) in [5.41, 5.74) is 16.7. The Morgan fingerprint density at radius 1 is 0.414 bits per heavy atom. The predicted octanol–water partition coefficient (Wildman–Crippen LogP) is 14.9. The second kappa shape index (κ2) is 12.6. The number of hydrogen-bond acceptors (Lipinski definition) is 0. The lowest BCUT2D eigenvalue weighted by molar-refractivity contribution is 0.694. The first-order valence-corrected chi connectivity index (χ1v) is 21.7. The Bertz CT molecular complexity index is 3390. The van der Waals surface area contributed by atoms with Crippen molar-refractivity contribution in [1.82, 2.24) is 9.13 Å². The van der Waals surface area contributed by atoms with Gasteiger partial charge in [-0.15, -0.1) is 0 Å². The van der Waals surface area contributed by atoms with E-state index < -0.39 is 0 Å². The maximum atomic E-state index is 2.59. The zero-order chi connectivity index (χ0) is 37.9. The molecule has 278 valence electrons. The second-order valence-corrected chi connectivity index (χ2v) is 17.1. The third kappa shape index (κ3) is 4.60. The number of aryl methyl sites for hydroxylation is 2. The molecule has 0 spiro atoms. The van der Waals surface area contributed by atoms with E-state index in [0.29, 0.717) is 0 Å². The summed E-state index contributed by atoms with van der Waals surface area (Å²) in [6.07, 6.45) is 27.7. The Morgan fingerprint density at radius 2 is 1.02 bits per heavy atom. The molecule has 4 aliphatic carbocycles. The minimum atomic E-state index is 1.03. The molecule has 4 aliphatic rings. The summed E-state index contributed by atoms with van der Waals surface area (Å²) >= 11 is 0. The van der Waals surface area contributed by atoms with Crippen LogP contribution in [0, 0.1) is 0 Å². The first-order valence-electron chi connectivity index (χ1n) is 21.7. The van der Waals surface area contributed by atoms with Gasteiger partial charge < -0.3 is 9.13 Å². The topological polar surface area (TPSA) is 9.86 Å². The largest absolute Gasteiger partial charge is 0.317 e. The van der Waals surface area contributed by atoms with E-state index in [-0.39, 0.29) is 0 Å². The number of hydrogen-bond donors (Lipinski definition) is 0. The van der Waals surface area contributed by atoms with Gasteiger partial charge in [0.15, 0.2) is 0 Å². The van der Waals surface area contributed by atoms with Crippen molar-refractivity contribution < 1.29 is 0 Å². The molecule has 0 saturated heterocycles. The number of aromatic nitrogens is 2. The number of rotatable bonds is 3. The van der Waals surface area contributed by atoms with Gasteiger partial charge in [-0.3, -0.25) is 0 Å². The molecule has 2 nitrogen and oxygen atoms in total. The van der Waals surface area contributed by atoms with Crippen molar-refractivity contribution in [3.63, 3.8) is 0 Å². The molecule has 0 atom stereocenters. The Balaban J connectivity index is 1.03. The van der Waals surface area contributed by atoms with Crippen LogP contribution in [0.3, 0.4) is 0 Å². The number of nitrogens with zero attached hydrogens (tertiary/aromatic N) is 2. The van der Waals surface area contributed by atoms with E-state index in [1.54, 1.807) is 11.1 Å². The lowest BCUT2D eigenvalue weighted by Gasteiger charge is -2.24. The van der Waals surface area contributed by atoms with Crippen molar-refractivity contribution in [2.45, 2.75) is 64.2 Å². The number of benzene rings is 7. The number of fused-ring (bicyclic) bond motifs is 17. The van der Waals surface area contributed by atoms with E-state index in [1.165, 1.54) is 129 Å². The van der Waals surface area contributed by atoms with Crippen LogP contribution in [0.25, 0.3) is 99.6 Å². The summed E-state index contributed by atoms with van der Waals surface area (Å²) in [5, 5.41) is 13.9. The molecular weight excluding hydrogens is 701 g/mol. The summed E-state index contributed by atoms with van der Waals surface area (Å²) in [4.78, 5) is 0. The quantitative estimate of drug-likeness (QED) is 0.159. The Hall–Kier alpha value is -6.38. The third-order valence-corrected chi connectivity index (χ3v) is 14.1. The van der Waals surface area contributed by atoms with Crippen molar-refractivity contribution in [1.29, 1.82) is 0 Å². The van der Waals surface area contributed by atoms with Crippen LogP contribution in [0.4, 0.5) is 0 Å². The van der Waals surface area contributed by atoms with Gasteiger partial charge in [0.25, 0.3) is 0 Å². The van der Waals surface area contributed by atoms with Crippen LogP contribution in [0.1, 0.15) is 72.2 Å². The fourth-order valence-electron chi connectivity index (χ4n) is 11.6. The molecule has 9 aromatic rings. The van der Waals surface area contributed by atoms with Gasteiger partial charge in [0, 0.05) is 44.7 Å². The van der Waals surface area contributed by atoms with Gasteiger partial charge in [0.05, 0.1) is 11.0 Å². The molecule has 2 aromatic heterocycles. The maximum Gasteiger partial charge on any atom is 0.0538 e. The normalized spacial score (nSPS) is 16.2. The van der Waals surface area contributed by atoms with Crippen molar-refractivity contribution in [2.75, 3.05) is 0 Å². The summed E-state index contributed by atoms with van der Waals surface area (Å²) in [5.74, 6) is 0. The highest BCUT2D eigenvalue weighted by atomic mass is 15.0. The third-order valence-electron chi connectivity index (χ3n) is 14.1. The van der Waals surface area contributed by atoms with Crippen LogP contribution >= 0.6 is 0 Å². The lowest BCUT2D eigenvalue weighted by atomic mass is 9.80. The summed E-state index contributed by atoms with van der Waals surface area (Å²) in [6, 6.07) is 40.2. The van der Waals surface area contributed by atoms with E-state index in [2.05, 4.69) is 155 Å². The summed E-state index contributed by atoms with van der Waals surface area (Å²) < 4.78 is 5.16. The van der Waals surface area contributed by atoms with Crippen LogP contribution < -0.4 is 0 Å². The molecule has 0 aliphatic heterocycles. The van der Waals surface area contributed by atoms with Crippen LogP contribution in [0.15, 0.2) is 134 Å². The van der Waals surface area contributed by atoms with Crippen LogP contribution in [0.2, 0.25) is 0 Å². The molecular formula is C56H44N2. The molecule has 2 heteroatoms. The standard InChI is InChI=1S/C56H44N2/c1-2-14-37(15-3-1)57-51-24-12-10-19-43(51)48-32-35(26-30-53(48)57)36-27-31-54-49(33-36)44-20-11-13-25-52(44)58(54)38-28-29-42-41-18-6-8-22-46(41)55-45-21-7-4-16-39(45)40-17-5-9-23-47(40)56(55)50(42)34-38/h1-2,5-6,8-11,14,17-20,22-23,26-34H,3-4,7,12-13,15-16,21,24-25H2. The van der Waals surface area contributed by atoms with Crippen molar-refractivity contribution in [3.8, 4) is 16.8 Å². The molecule has 0 unspecified atom stereocenters. The van der Waals surface area contributed by atoms with Gasteiger partial charge in [0.2, 0.25) is 0 Å². The van der Waals surface area contributed by atoms with Gasteiger partial charge in [-0.1, -0.05) is 103 Å². The molecule has 58 heavy (non-hydrogen) atoms. The maximum absolute atomic E-state index is 2.59. The fraction of sp³-hybridized carbons (Fsp3) is 0.179. The molecule has 2 heterocycles. The van der Waals surface area contributed by atoms with Crippen LogP contribution in [-0.4, -0.2) is 9.13 Å². The van der Waals surface area contributed by atoms with Crippen molar-refractivity contribution in [3.05, 3.63) is 167 Å². The first-order chi connectivity index (χ1) is 28.8. The zero-order valence-electron chi connectivity index (χ0n) is 32.8. The summed E-state index contributed by atoms with van der Waals surface area (Å²) in [7, 11) is 0. The van der Waals surface area contributed by atoms with Crippen molar-refractivity contribution >= 4 is 82.7 Å². The molecule has 0 fully saturated rings. The molecule has 7 aromatic carbocycles. The van der Waals surface area contributed by atoms with Gasteiger partial charge >= 0.3 is 0 Å². The van der Waals surface area contributed by atoms with Gasteiger partial charge in [-0.2, -0.15) is 0 Å². The monoisotopic (exact) mass is 744 g/mol. The van der Waals surface area contributed by atoms with E-state index in [4.69, 9.17) is 0 Å². The minimum absolute atomic E-state index is 1.03. The molecule has 13 rings (SSSR count). The van der Waals surface area contributed by atoms with Gasteiger partial charge in [-0.05, 0) is 172 Å². The highest BCUT2D eigenvalue weighted by Crippen LogP contribution is 2.46. The SMILES string of the molecule is C1=CCCC(n2c3c(c4cc(-c5ccc6c(c5)c5c(n6-c6ccc7c8ccccc8c8c9c(c%10ccccc%10c8c7c6)CCCC9)CCC=C5)ccc42)C=CCC3)=C1. The van der Waals surface area contributed by atoms with Crippen LogP contribution in [-0.2, 0) is 25.7 Å². The Labute approximate surface area is 338 Å². The van der Waals surface area contributed by atoms with Gasteiger partial charge in [-0.25, -0.2) is 0 Å². The van der Waals surface area contributed by atoms with Crippen LogP contribution in [0.5, 0.6) is 0 Å². The molecule has 0 saturated carbocycles. The minimum Gasteiger partial charge on any atom is -0.317 e. The average molecular weight is 745 g/mol.